The quantitative estimate of drug-likeness (QED) is 0.689. The second-order valence-electron chi connectivity index (χ2n) is 5.63. The summed E-state index contributed by atoms with van der Waals surface area (Å²) in [6.07, 6.45) is 4.23. The van der Waals surface area contributed by atoms with Crippen molar-refractivity contribution >= 4 is 11.5 Å². The van der Waals surface area contributed by atoms with Gasteiger partial charge in [-0.2, -0.15) is 10.2 Å². The molecule has 0 aliphatic carbocycles. The van der Waals surface area contributed by atoms with Crippen LogP contribution < -0.4 is 4.90 Å². The molecule has 0 amide bonds. The van der Waals surface area contributed by atoms with Gasteiger partial charge in [-0.1, -0.05) is 6.92 Å². The molecule has 2 aromatic heterocycles. The number of nitro groups is 1. The molecule has 2 aromatic rings. The van der Waals surface area contributed by atoms with Crippen LogP contribution in [0.5, 0.6) is 0 Å². The summed E-state index contributed by atoms with van der Waals surface area (Å²) in [5.41, 5.74) is 1.86. The Kier molecular flexibility index (Phi) is 3.82. The summed E-state index contributed by atoms with van der Waals surface area (Å²) in [6.45, 7) is 3.46. The largest absolute Gasteiger partial charge is 0.351 e. The number of rotatable bonds is 4. The van der Waals surface area contributed by atoms with Crippen molar-refractivity contribution in [3.8, 4) is 0 Å². The minimum Gasteiger partial charge on any atom is -0.351 e. The highest BCUT2D eigenvalue weighted by Crippen LogP contribution is 2.35. The van der Waals surface area contributed by atoms with E-state index in [0.717, 1.165) is 31.6 Å². The zero-order valence-corrected chi connectivity index (χ0v) is 12.8. The second-order valence-corrected chi connectivity index (χ2v) is 5.63. The highest BCUT2D eigenvalue weighted by atomic mass is 16.6. The lowest BCUT2D eigenvalue weighted by Crippen LogP contribution is -2.34. The third-order valence-electron chi connectivity index (χ3n) is 4.34. The van der Waals surface area contributed by atoms with E-state index in [0.29, 0.717) is 23.9 Å². The molecule has 8 heteroatoms. The smallest absolute Gasteiger partial charge is 0.334 e. The Balaban J connectivity index is 1.82. The monoisotopic (exact) mass is 304 g/mol. The molecule has 1 aliphatic rings. The first kappa shape index (κ1) is 14.6. The van der Waals surface area contributed by atoms with Gasteiger partial charge < -0.3 is 4.90 Å². The van der Waals surface area contributed by atoms with Gasteiger partial charge >= 0.3 is 5.69 Å². The van der Waals surface area contributed by atoms with Crippen molar-refractivity contribution in [3.05, 3.63) is 33.8 Å². The van der Waals surface area contributed by atoms with E-state index in [1.54, 1.807) is 17.9 Å². The maximum absolute atomic E-state index is 11.4. The Hall–Kier alpha value is -2.38. The van der Waals surface area contributed by atoms with Crippen LogP contribution in [0.4, 0.5) is 11.5 Å². The molecule has 22 heavy (non-hydrogen) atoms. The maximum Gasteiger partial charge on any atom is 0.334 e. The molecule has 118 valence electrons. The third-order valence-corrected chi connectivity index (χ3v) is 4.34. The third kappa shape index (κ3) is 2.44. The van der Waals surface area contributed by atoms with E-state index >= 15 is 0 Å². The normalized spacial score (nSPS) is 16.2. The van der Waals surface area contributed by atoms with Crippen LogP contribution >= 0.6 is 0 Å². The van der Waals surface area contributed by atoms with Crippen molar-refractivity contribution in [2.45, 2.75) is 32.1 Å². The lowest BCUT2D eigenvalue weighted by atomic mass is 9.93. The molecule has 0 spiro atoms. The first-order valence-electron chi connectivity index (χ1n) is 7.56. The Morgan fingerprint density at radius 2 is 2.18 bits per heavy atom. The molecule has 8 nitrogen and oxygen atoms in total. The number of hydrogen-bond acceptors (Lipinski definition) is 5. The van der Waals surface area contributed by atoms with Gasteiger partial charge in [0.25, 0.3) is 0 Å². The Bertz CT molecular complexity index is 655. The molecule has 3 heterocycles. The minimum absolute atomic E-state index is 0.157. The van der Waals surface area contributed by atoms with Crippen LogP contribution in [0.15, 0.2) is 12.3 Å². The van der Waals surface area contributed by atoms with Gasteiger partial charge in [-0.25, -0.2) is 4.68 Å². The topological polar surface area (TPSA) is 92.9 Å². The van der Waals surface area contributed by atoms with E-state index in [9.17, 15) is 10.1 Å². The van der Waals surface area contributed by atoms with E-state index in [1.165, 1.54) is 0 Å². The summed E-state index contributed by atoms with van der Waals surface area (Å²) in [5.74, 6) is 1.07. The van der Waals surface area contributed by atoms with Crippen molar-refractivity contribution in [1.82, 2.24) is 20.0 Å². The number of nitrogens with zero attached hydrogens (tertiary/aromatic N) is 5. The van der Waals surface area contributed by atoms with Gasteiger partial charge in [-0.15, -0.1) is 0 Å². The number of aryl methyl sites for hydroxylation is 2. The fourth-order valence-electron chi connectivity index (χ4n) is 3.23. The van der Waals surface area contributed by atoms with E-state index in [-0.39, 0.29) is 10.6 Å². The molecule has 0 aromatic carbocycles. The first-order valence-corrected chi connectivity index (χ1v) is 7.56. The Morgan fingerprint density at radius 1 is 1.45 bits per heavy atom. The van der Waals surface area contributed by atoms with E-state index in [1.807, 2.05) is 13.0 Å². The van der Waals surface area contributed by atoms with Crippen molar-refractivity contribution < 1.29 is 4.92 Å². The van der Waals surface area contributed by atoms with Gasteiger partial charge in [0.15, 0.2) is 0 Å². The van der Waals surface area contributed by atoms with Gasteiger partial charge in [0, 0.05) is 37.9 Å². The summed E-state index contributed by atoms with van der Waals surface area (Å²) < 4.78 is 1.65. The molecular formula is C14H20N6O2. The van der Waals surface area contributed by atoms with Crippen molar-refractivity contribution in [2.24, 2.45) is 7.05 Å². The molecule has 0 atom stereocenters. The minimum atomic E-state index is -0.303. The molecular weight excluding hydrogens is 284 g/mol. The van der Waals surface area contributed by atoms with Crippen LogP contribution in [0.1, 0.15) is 37.1 Å². The lowest BCUT2D eigenvalue weighted by Gasteiger charge is -2.32. The van der Waals surface area contributed by atoms with E-state index < -0.39 is 0 Å². The number of hydrogen-bond donors (Lipinski definition) is 1. The second kappa shape index (κ2) is 5.78. The van der Waals surface area contributed by atoms with Crippen LogP contribution in [-0.4, -0.2) is 38.0 Å². The summed E-state index contributed by atoms with van der Waals surface area (Å²) in [5, 5.41) is 22.8. The molecule has 0 radical (unpaired) electrons. The van der Waals surface area contributed by atoms with Gasteiger partial charge in [-0.05, 0) is 25.3 Å². The fourth-order valence-corrected chi connectivity index (χ4v) is 3.23. The maximum atomic E-state index is 11.4. The standard InChI is InChI=1S/C14H20N6O2/c1-3-11-13(20(21)22)14(18(2)17-11)19-8-5-10(6-9-19)12-4-7-15-16-12/h4,7,10H,3,5-6,8-9H2,1-2H3,(H,15,16). The molecule has 1 fully saturated rings. The summed E-state index contributed by atoms with van der Waals surface area (Å²) >= 11 is 0. The summed E-state index contributed by atoms with van der Waals surface area (Å²) in [7, 11) is 1.78. The van der Waals surface area contributed by atoms with E-state index in [2.05, 4.69) is 20.2 Å². The number of piperidine rings is 1. The molecule has 1 aliphatic heterocycles. The number of nitrogens with one attached hydrogen (secondary N) is 1. The van der Waals surface area contributed by atoms with Crippen LogP contribution in [0.2, 0.25) is 0 Å². The summed E-state index contributed by atoms with van der Waals surface area (Å²) in [4.78, 5) is 13.2. The average molecular weight is 304 g/mol. The molecule has 1 saturated heterocycles. The fraction of sp³-hybridized carbons (Fsp3) is 0.571. The number of aromatic amines is 1. The van der Waals surface area contributed by atoms with Crippen LogP contribution in [0, 0.1) is 10.1 Å². The first-order chi connectivity index (χ1) is 10.6. The van der Waals surface area contributed by atoms with Gasteiger partial charge in [-0.3, -0.25) is 15.2 Å². The SMILES string of the molecule is CCc1nn(C)c(N2CCC(c3ccn[nH]3)CC2)c1[N+](=O)[O-]. The average Bonchev–Trinajstić information content (AvgIpc) is 3.14. The van der Waals surface area contributed by atoms with Crippen LogP contribution in [-0.2, 0) is 13.5 Å². The van der Waals surface area contributed by atoms with Crippen LogP contribution in [0.25, 0.3) is 0 Å². The number of anilines is 1. The lowest BCUT2D eigenvalue weighted by molar-refractivity contribution is -0.384. The zero-order chi connectivity index (χ0) is 15.7. The van der Waals surface area contributed by atoms with Crippen LogP contribution in [0.3, 0.4) is 0 Å². The van der Waals surface area contributed by atoms with Crippen molar-refractivity contribution in [1.29, 1.82) is 0 Å². The molecule has 1 N–H and O–H groups in total. The van der Waals surface area contributed by atoms with Gasteiger partial charge in [0.05, 0.1) is 4.92 Å². The highest BCUT2D eigenvalue weighted by molar-refractivity contribution is 5.62. The summed E-state index contributed by atoms with van der Waals surface area (Å²) in [6, 6.07) is 2.00. The molecule has 0 saturated carbocycles. The molecule has 0 bridgehead atoms. The Labute approximate surface area is 128 Å². The predicted octanol–water partition coefficient (Wildman–Crippen LogP) is 2.00. The molecule has 0 unspecified atom stereocenters. The highest BCUT2D eigenvalue weighted by Gasteiger charge is 2.32. The van der Waals surface area contributed by atoms with Gasteiger partial charge in [0.1, 0.15) is 5.69 Å². The van der Waals surface area contributed by atoms with E-state index in [4.69, 9.17) is 0 Å². The zero-order valence-electron chi connectivity index (χ0n) is 12.8. The predicted molar refractivity (Wildman–Crippen MR) is 82.0 cm³/mol. The molecule has 3 rings (SSSR count). The number of aromatic nitrogens is 4. The Morgan fingerprint density at radius 3 is 2.73 bits per heavy atom. The number of H-pyrrole nitrogens is 1. The van der Waals surface area contributed by atoms with Crippen molar-refractivity contribution in [3.63, 3.8) is 0 Å². The van der Waals surface area contributed by atoms with Crippen molar-refractivity contribution in [2.75, 3.05) is 18.0 Å². The van der Waals surface area contributed by atoms with Gasteiger partial charge in [0.2, 0.25) is 5.82 Å².